The Labute approximate surface area is 139 Å². The zero-order chi connectivity index (χ0) is 16.1. The van der Waals surface area contributed by atoms with E-state index in [1.54, 1.807) is 0 Å². The van der Waals surface area contributed by atoms with Gasteiger partial charge in [0.1, 0.15) is 5.60 Å². The van der Waals surface area contributed by atoms with E-state index in [2.05, 4.69) is 16.8 Å². The highest BCUT2D eigenvalue weighted by molar-refractivity contribution is 5.36. The summed E-state index contributed by atoms with van der Waals surface area (Å²) >= 11 is 0. The molecule has 0 aromatic heterocycles. The van der Waals surface area contributed by atoms with E-state index >= 15 is 0 Å². The molecule has 0 amide bonds. The molecule has 0 radical (unpaired) electrons. The summed E-state index contributed by atoms with van der Waals surface area (Å²) in [5, 5.41) is 11.6. The molecule has 122 valence electrons. The molecule has 0 unspecified atom stereocenters. The maximum Gasteiger partial charge on any atom is 0.127 e. The summed E-state index contributed by atoms with van der Waals surface area (Å²) in [6.45, 7) is 4.85. The molecule has 1 fully saturated rings. The quantitative estimate of drug-likeness (QED) is 0.940. The van der Waals surface area contributed by atoms with Crippen LogP contribution in [0.3, 0.4) is 0 Å². The first-order chi connectivity index (χ1) is 11.2. The van der Waals surface area contributed by atoms with Gasteiger partial charge in [0.05, 0.1) is 0 Å². The van der Waals surface area contributed by atoms with Crippen molar-refractivity contribution in [3.8, 4) is 0 Å². The van der Waals surface area contributed by atoms with E-state index in [4.69, 9.17) is 0 Å². The lowest BCUT2D eigenvalue weighted by molar-refractivity contribution is 0.0369. The fourth-order valence-electron chi connectivity index (χ4n) is 3.36. The first kappa shape index (κ1) is 16.2. The second-order valence-corrected chi connectivity index (χ2v) is 6.53. The average Bonchev–Trinajstić information content (AvgIpc) is 2.81. The lowest BCUT2D eigenvalue weighted by Gasteiger charge is -2.35. The van der Waals surface area contributed by atoms with Gasteiger partial charge >= 0.3 is 0 Å². The summed E-state index contributed by atoms with van der Waals surface area (Å²) in [6.07, 6.45) is 1.15. The van der Waals surface area contributed by atoms with Crippen molar-refractivity contribution in [2.24, 2.45) is 0 Å². The normalized spacial score (nSPS) is 17.8. The first-order valence-corrected chi connectivity index (χ1v) is 8.43. The third-order valence-corrected chi connectivity index (χ3v) is 4.77. The molecule has 3 nitrogen and oxygen atoms in total. The molecule has 3 rings (SSSR count). The number of nitrogens with zero attached hydrogens (tertiary/aromatic N) is 2. The Morgan fingerprint density at radius 2 is 1.39 bits per heavy atom. The van der Waals surface area contributed by atoms with Crippen LogP contribution in [0.4, 0.5) is 0 Å². The van der Waals surface area contributed by atoms with Crippen molar-refractivity contribution in [1.29, 1.82) is 0 Å². The Morgan fingerprint density at radius 3 is 1.96 bits per heavy atom. The van der Waals surface area contributed by atoms with Crippen molar-refractivity contribution in [3.05, 3.63) is 71.8 Å². The Hall–Kier alpha value is -1.68. The second-order valence-electron chi connectivity index (χ2n) is 6.53. The molecular weight excluding hydrogens is 284 g/mol. The monoisotopic (exact) mass is 310 g/mol. The third-order valence-electron chi connectivity index (χ3n) is 4.77. The van der Waals surface area contributed by atoms with Crippen LogP contribution in [0.5, 0.6) is 0 Å². The zero-order valence-electron chi connectivity index (χ0n) is 13.9. The smallest absolute Gasteiger partial charge is 0.127 e. The molecule has 2 aromatic carbocycles. The van der Waals surface area contributed by atoms with Gasteiger partial charge in [-0.1, -0.05) is 60.7 Å². The minimum Gasteiger partial charge on any atom is -0.379 e. The lowest BCUT2D eigenvalue weighted by atomic mass is 9.85. The predicted molar refractivity (Wildman–Crippen MR) is 94.4 cm³/mol. The van der Waals surface area contributed by atoms with Crippen molar-refractivity contribution in [2.75, 3.05) is 39.8 Å². The Bertz CT molecular complexity index is 560. The van der Waals surface area contributed by atoms with Gasteiger partial charge in [-0.15, -0.1) is 0 Å². The molecule has 0 saturated carbocycles. The van der Waals surface area contributed by atoms with Gasteiger partial charge in [0.25, 0.3) is 0 Å². The summed E-state index contributed by atoms with van der Waals surface area (Å²) in [4.78, 5) is 4.76. The van der Waals surface area contributed by atoms with Crippen LogP contribution >= 0.6 is 0 Å². The third kappa shape index (κ3) is 3.81. The first-order valence-electron chi connectivity index (χ1n) is 8.43. The summed E-state index contributed by atoms with van der Waals surface area (Å²) in [7, 11) is 2.17. The number of likely N-dealkylation sites (N-methyl/N-ethyl adjacent to an activating group) is 1. The van der Waals surface area contributed by atoms with Gasteiger partial charge in [0.15, 0.2) is 0 Å². The summed E-state index contributed by atoms with van der Waals surface area (Å²) in [5.41, 5.74) is 0.957. The van der Waals surface area contributed by atoms with Crippen LogP contribution < -0.4 is 0 Å². The maximum atomic E-state index is 11.6. The highest BCUT2D eigenvalue weighted by atomic mass is 16.3. The van der Waals surface area contributed by atoms with Crippen molar-refractivity contribution >= 4 is 0 Å². The van der Waals surface area contributed by atoms with Crippen molar-refractivity contribution in [2.45, 2.75) is 12.0 Å². The Kier molecular flexibility index (Phi) is 5.11. The van der Waals surface area contributed by atoms with E-state index in [1.165, 1.54) is 0 Å². The molecule has 0 atom stereocenters. The van der Waals surface area contributed by atoms with E-state index in [9.17, 15) is 5.11 Å². The molecule has 1 saturated heterocycles. The number of benzene rings is 2. The van der Waals surface area contributed by atoms with Crippen LogP contribution in [0.25, 0.3) is 0 Å². The summed E-state index contributed by atoms with van der Waals surface area (Å²) in [5.74, 6) is 0. The molecule has 3 heteroatoms. The van der Waals surface area contributed by atoms with Gasteiger partial charge < -0.3 is 10.0 Å². The summed E-state index contributed by atoms with van der Waals surface area (Å²) in [6, 6.07) is 20.1. The van der Waals surface area contributed by atoms with Gasteiger partial charge in [-0.05, 0) is 37.7 Å². The zero-order valence-corrected chi connectivity index (χ0v) is 13.9. The molecule has 1 N–H and O–H groups in total. The number of β-amino-alcohol motifs (C(OH)–C–C–N with tert-alkyl or cyclic N) is 1. The predicted octanol–water partition coefficient (Wildman–Crippen LogP) is 2.56. The summed E-state index contributed by atoms with van der Waals surface area (Å²) < 4.78 is 0. The lowest BCUT2D eigenvalue weighted by Crippen LogP contribution is -2.43. The number of hydrogen-bond acceptors (Lipinski definition) is 3. The van der Waals surface area contributed by atoms with Crippen molar-refractivity contribution < 1.29 is 5.11 Å². The number of hydrogen-bond donors (Lipinski definition) is 1. The van der Waals surface area contributed by atoms with Gasteiger partial charge in [-0.3, -0.25) is 4.90 Å². The molecule has 1 aliphatic rings. The average molecular weight is 310 g/mol. The minimum absolute atomic E-state index is 0.634. The van der Waals surface area contributed by atoms with Crippen LogP contribution in [0.2, 0.25) is 0 Å². The van der Waals surface area contributed by atoms with E-state index in [1.807, 2.05) is 60.7 Å². The van der Waals surface area contributed by atoms with Gasteiger partial charge in [0.2, 0.25) is 0 Å². The van der Waals surface area contributed by atoms with Crippen molar-refractivity contribution in [3.63, 3.8) is 0 Å². The van der Waals surface area contributed by atoms with Crippen LogP contribution in [0.15, 0.2) is 60.7 Å². The highest BCUT2D eigenvalue weighted by Crippen LogP contribution is 2.30. The Morgan fingerprint density at radius 1 is 0.826 bits per heavy atom. The molecule has 0 aliphatic carbocycles. The van der Waals surface area contributed by atoms with Crippen LogP contribution in [0.1, 0.15) is 17.5 Å². The molecule has 0 spiro atoms. The van der Waals surface area contributed by atoms with Gasteiger partial charge in [0, 0.05) is 19.6 Å². The molecule has 2 aromatic rings. The standard InChI is InChI=1S/C20H26N2O/c1-21-13-8-14-22(16-15-21)17-20(23,18-9-4-2-5-10-18)19-11-6-3-7-12-19/h2-7,9-12,23H,8,13-17H2,1H3. The maximum absolute atomic E-state index is 11.6. The molecule has 1 heterocycles. The van der Waals surface area contributed by atoms with Gasteiger partial charge in [-0.2, -0.15) is 0 Å². The molecule has 23 heavy (non-hydrogen) atoms. The topological polar surface area (TPSA) is 26.7 Å². The SMILES string of the molecule is CN1CCCN(CC(O)(c2ccccc2)c2ccccc2)CC1. The molecular formula is C20H26N2O. The second kappa shape index (κ2) is 7.26. The fraction of sp³-hybridized carbons (Fsp3) is 0.400. The van der Waals surface area contributed by atoms with E-state index in [0.717, 1.165) is 43.7 Å². The van der Waals surface area contributed by atoms with Crippen LogP contribution in [0, 0.1) is 0 Å². The van der Waals surface area contributed by atoms with Crippen molar-refractivity contribution in [1.82, 2.24) is 9.80 Å². The van der Waals surface area contributed by atoms with E-state index in [-0.39, 0.29) is 0 Å². The van der Waals surface area contributed by atoms with E-state index < -0.39 is 5.60 Å². The van der Waals surface area contributed by atoms with Crippen LogP contribution in [-0.2, 0) is 5.60 Å². The van der Waals surface area contributed by atoms with Crippen LogP contribution in [-0.4, -0.2) is 54.7 Å². The van der Waals surface area contributed by atoms with Gasteiger partial charge in [-0.25, -0.2) is 0 Å². The minimum atomic E-state index is -0.967. The largest absolute Gasteiger partial charge is 0.379 e. The molecule has 0 bridgehead atoms. The fourth-order valence-corrected chi connectivity index (χ4v) is 3.36. The number of aliphatic hydroxyl groups is 1. The molecule has 1 aliphatic heterocycles. The highest BCUT2D eigenvalue weighted by Gasteiger charge is 2.33. The number of rotatable bonds is 4. The Balaban J connectivity index is 1.90. The van der Waals surface area contributed by atoms with E-state index in [0.29, 0.717) is 6.54 Å².